The molecular formula is C25H25N5O3S. The van der Waals surface area contributed by atoms with Crippen molar-refractivity contribution in [1.29, 1.82) is 0 Å². The number of ether oxygens (including phenoxy) is 2. The second kappa shape index (κ2) is 9.26. The van der Waals surface area contributed by atoms with Crippen molar-refractivity contribution in [2.45, 2.75) is 25.9 Å². The van der Waals surface area contributed by atoms with Gasteiger partial charge in [0, 0.05) is 43.1 Å². The number of hydrogen-bond acceptors (Lipinski definition) is 8. The van der Waals surface area contributed by atoms with E-state index in [2.05, 4.69) is 32.9 Å². The van der Waals surface area contributed by atoms with Gasteiger partial charge in [-0.3, -0.25) is 4.79 Å². The zero-order chi connectivity index (χ0) is 23.7. The van der Waals surface area contributed by atoms with Gasteiger partial charge in [-0.2, -0.15) is 0 Å². The zero-order valence-corrected chi connectivity index (χ0v) is 19.9. The average molecular weight is 476 g/mol. The van der Waals surface area contributed by atoms with Crippen molar-refractivity contribution in [3.05, 3.63) is 54.3 Å². The number of methoxy groups -OCH3 is 1. The van der Waals surface area contributed by atoms with Crippen LogP contribution >= 0.6 is 11.3 Å². The van der Waals surface area contributed by atoms with Gasteiger partial charge in [0.25, 0.3) is 0 Å². The Kier molecular flexibility index (Phi) is 6.02. The molecule has 0 atom stereocenters. The van der Waals surface area contributed by atoms with Crippen molar-refractivity contribution < 1.29 is 14.3 Å². The molecular weight excluding hydrogens is 450 g/mol. The number of aromatic nitrogens is 3. The Labute approximate surface area is 201 Å². The van der Waals surface area contributed by atoms with Gasteiger partial charge in [-0.25, -0.2) is 15.0 Å². The number of thiazole rings is 1. The van der Waals surface area contributed by atoms with Gasteiger partial charge in [-0.05, 0) is 37.3 Å². The van der Waals surface area contributed by atoms with Crippen LogP contribution in [-0.2, 0) is 4.79 Å². The summed E-state index contributed by atoms with van der Waals surface area (Å²) in [7, 11) is 1.62. The Morgan fingerprint density at radius 3 is 2.76 bits per heavy atom. The van der Waals surface area contributed by atoms with E-state index in [0.29, 0.717) is 30.4 Å². The Bertz CT molecular complexity index is 1380. The van der Waals surface area contributed by atoms with Crippen LogP contribution in [0.2, 0.25) is 0 Å². The van der Waals surface area contributed by atoms with Crippen LogP contribution in [0.4, 0.5) is 11.5 Å². The first kappa shape index (κ1) is 22.1. The van der Waals surface area contributed by atoms with Gasteiger partial charge >= 0.3 is 0 Å². The van der Waals surface area contributed by atoms with Crippen LogP contribution in [0.25, 0.3) is 21.1 Å². The zero-order valence-electron chi connectivity index (χ0n) is 19.1. The Morgan fingerprint density at radius 1 is 1.18 bits per heavy atom. The van der Waals surface area contributed by atoms with Crippen LogP contribution < -0.4 is 14.8 Å². The highest BCUT2D eigenvalue weighted by atomic mass is 32.1. The molecule has 0 aliphatic carbocycles. The first-order chi connectivity index (χ1) is 16.5. The fourth-order valence-corrected chi connectivity index (χ4v) is 4.98. The Morgan fingerprint density at radius 2 is 2.00 bits per heavy atom. The summed E-state index contributed by atoms with van der Waals surface area (Å²) in [6, 6.07) is 9.89. The molecule has 1 fully saturated rings. The van der Waals surface area contributed by atoms with E-state index in [-0.39, 0.29) is 12.0 Å². The van der Waals surface area contributed by atoms with Crippen molar-refractivity contribution in [1.82, 2.24) is 19.9 Å². The molecule has 0 saturated carbocycles. The molecule has 1 aliphatic heterocycles. The van der Waals surface area contributed by atoms with Crippen molar-refractivity contribution in [3.63, 3.8) is 0 Å². The third kappa shape index (κ3) is 4.38. The number of likely N-dealkylation sites (tertiary alicyclic amines) is 1. The summed E-state index contributed by atoms with van der Waals surface area (Å²) in [6.45, 7) is 6.85. The monoisotopic (exact) mass is 475 g/mol. The third-order valence-corrected chi connectivity index (χ3v) is 6.85. The summed E-state index contributed by atoms with van der Waals surface area (Å²) in [5, 5.41) is 5.27. The molecule has 0 unspecified atom stereocenters. The lowest BCUT2D eigenvalue weighted by Gasteiger charge is -2.31. The summed E-state index contributed by atoms with van der Waals surface area (Å²) >= 11 is 1.67. The molecule has 9 heteroatoms. The van der Waals surface area contributed by atoms with Crippen LogP contribution in [0.1, 0.15) is 17.8 Å². The molecule has 174 valence electrons. The maximum atomic E-state index is 11.9. The van der Waals surface area contributed by atoms with Crippen molar-refractivity contribution in [3.8, 4) is 11.5 Å². The minimum Gasteiger partial charge on any atom is -0.493 e. The molecule has 0 bridgehead atoms. The number of benzene rings is 2. The Hall–Kier alpha value is -3.72. The van der Waals surface area contributed by atoms with E-state index in [1.54, 1.807) is 23.3 Å². The number of piperidine rings is 1. The van der Waals surface area contributed by atoms with E-state index in [9.17, 15) is 4.79 Å². The third-order valence-electron chi connectivity index (χ3n) is 5.90. The summed E-state index contributed by atoms with van der Waals surface area (Å²) < 4.78 is 13.1. The number of carbonyl (C=O) groups is 1. The van der Waals surface area contributed by atoms with Crippen LogP contribution in [0, 0.1) is 6.92 Å². The lowest BCUT2D eigenvalue weighted by atomic mass is 10.1. The molecule has 8 nitrogen and oxygen atoms in total. The molecule has 1 amide bonds. The van der Waals surface area contributed by atoms with Gasteiger partial charge in [0.1, 0.15) is 18.2 Å². The van der Waals surface area contributed by atoms with Gasteiger partial charge in [0.15, 0.2) is 11.5 Å². The second-order valence-corrected chi connectivity index (χ2v) is 9.36. The van der Waals surface area contributed by atoms with E-state index in [0.717, 1.165) is 44.7 Å². The smallest absolute Gasteiger partial charge is 0.245 e. The lowest BCUT2D eigenvalue weighted by Crippen LogP contribution is -2.41. The van der Waals surface area contributed by atoms with E-state index in [4.69, 9.17) is 9.47 Å². The topological polar surface area (TPSA) is 89.5 Å². The van der Waals surface area contributed by atoms with Gasteiger partial charge in [0.05, 0.1) is 27.9 Å². The number of hydrogen-bond donors (Lipinski definition) is 1. The normalized spacial score (nSPS) is 14.4. The van der Waals surface area contributed by atoms with Gasteiger partial charge < -0.3 is 19.7 Å². The van der Waals surface area contributed by atoms with Gasteiger partial charge in [-0.1, -0.05) is 6.58 Å². The van der Waals surface area contributed by atoms with Gasteiger partial charge in [0.2, 0.25) is 5.91 Å². The summed E-state index contributed by atoms with van der Waals surface area (Å²) in [4.78, 5) is 27.1. The number of amides is 1. The molecule has 0 radical (unpaired) electrons. The molecule has 4 aromatic rings. The van der Waals surface area contributed by atoms with Crippen molar-refractivity contribution >= 4 is 49.9 Å². The van der Waals surface area contributed by atoms with E-state index < -0.39 is 0 Å². The van der Waals surface area contributed by atoms with E-state index >= 15 is 0 Å². The molecule has 2 aromatic carbocycles. The molecule has 2 aromatic heterocycles. The second-order valence-electron chi connectivity index (χ2n) is 8.13. The minimum absolute atomic E-state index is 0.0171. The van der Waals surface area contributed by atoms with Gasteiger partial charge in [-0.15, -0.1) is 11.3 Å². The van der Waals surface area contributed by atoms with Crippen LogP contribution in [0.5, 0.6) is 11.5 Å². The first-order valence-electron chi connectivity index (χ1n) is 11.1. The standard InChI is InChI=1S/C25H25N5O3S/c1-4-24(31)30-9-7-17(8-10-30)33-22-12-18-19(13-21(22)32-3)26-14-27-25(18)29-16-5-6-23-20(11-16)28-15(2)34-23/h4-6,11-14,17H,1,7-10H2,2-3H3,(H,26,27,29). The summed E-state index contributed by atoms with van der Waals surface area (Å²) in [5.74, 6) is 1.88. The van der Waals surface area contributed by atoms with Crippen LogP contribution in [-0.4, -0.2) is 52.1 Å². The molecule has 1 saturated heterocycles. The number of aryl methyl sites for hydroxylation is 1. The number of carbonyl (C=O) groups excluding carboxylic acids is 1. The average Bonchev–Trinajstić information content (AvgIpc) is 3.23. The first-order valence-corrected chi connectivity index (χ1v) is 11.9. The molecule has 34 heavy (non-hydrogen) atoms. The highest BCUT2D eigenvalue weighted by molar-refractivity contribution is 7.18. The quantitative estimate of drug-likeness (QED) is 0.399. The predicted octanol–water partition coefficient (Wildman–Crippen LogP) is 4.86. The maximum Gasteiger partial charge on any atom is 0.245 e. The van der Waals surface area contributed by atoms with Crippen molar-refractivity contribution in [2.75, 3.05) is 25.5 Å². The fraction of sp³-hybridized carbons (Fsp3) is 0.280. The lowest BCUT2D eigenvalue weighted by molar-refractivity contribution is -0.127. The predicted molar refractivity (Wildman–Crippen MR) is 134 cm³/mol. The fourth-order valence-electron chi connectivity index (χ4n) is 4.18. The largest absolute Gasteiger partial charge is 0.493 e. The molecule has 1 N–H and O–H groups in total. The van der Waals surface area contributed by atoms with E-state index in [1.807, 2.05) is 31.2 Å². The number of rotatable bonds is 6. The Balaban J connectivity index is 1.42. The molecule has 1 aliphatic rings. The maximum absolute atomic E-state index is 11.9. The summed E-state index contributed by atoms with van der Waals surface area (Å²) in [5.41, 5.74) is 2.60. The summed E-state index contributed by atoms with van der Waals surface area (Å²) in [6.07, 6.45) is 4.35. The number of anilines is 2. The number of nitrogens with zero attached hydrogens (tertiary/aromatic N) is 4. The number of fused-ring (bicyclic) bond motifs is 2. The SMILES string of the molecule is C=CC(=O)N1CCC(Oc2cc3c(Nc4ccc5sc(C)nc5c4)ncnc3cc2OC)CC1. The highest BCUT2D eigenvalue weighted by Gasteiger charge is 2.24. The van der Waals surface area contributed by atoms with Crippen molar-refractivity contribution in [2.24, 2.45) is 0 Å². The number of nitrogens with one attached hydrogen (secondary N) is 1. The molecule has 5 rings (SSSR count). The van der Waals surface area contributed by atoms with Crippen LogP contribution in [0.15, 0.2) is 49.3 Å². The highest BCUT2D eigenvalue weighted by Crippen LogP contribution is 2.36. The molecule has 0 spiro atoms. The minimum atomic E-state index is -0.0411. The van der Waals surface area contributed by atoms with E-state index in [1.165, 1.54) is 12.4 Å². The van der Waals surface area contributed by atoms with Crippen LogP contribution in [0.3, 0.4) is 0 Å². The molecule has 3 heterocycles.